The van der Waals surface area contributed by atoms with Crippen molar-refractivity contribution in [3.05, 3.63) is 46.7 Å². The molecule has 4 nitrogen and oxygen atoms in total. The Morgan fingerprint density at radius 2 is 1.82 bits per heavy atom. The molecule has 1 amide bonds. The first kappa shape index (κ1) is 16.3. The number of carbonyl (C=O) groups excluding carboxylic acids is 1. The van der Waals surface area contributed by atoms with Crippen LogP contribution in [-0.4, -0.2) is 15.7 Å². The van der Waals surface area contributed by atoms with Crippen molar-refractivity contribution in [2.45, 2.75) is 19.4 Å². The first-order valence-corrected chi connectivity index (χ1v) is 6.45. The first-order chi connectivity index (χ1) is 10.4. The quantitative estimate of drug-likeness (QED) is 0.838. The van der Waals surface area contributed by atoms with Crippen LogP contribution in [0.3, 0.4) is 0 Å². The van der Waals surface area contributed by atoms with E-state index in [2.05, 4.69) is 10.4 Å². The number of halogens is 5. The van der Waals surface area contributed by atoms with Crippen LogP contribution >= 0.6 is 11.6 Å². The summed E-state index contributed by atoms with van der Waals surface area (Å²) in [4.78, 5) is 11.8. The lowest BCUT2D eigenvalue weighted by atomic mass is 10.3. The van der Waals surface area contributed by atoms with Gasteiger partial charge in [-0.1, -0.05) is 29.8 Å². The predicted molar refractivity (Wildman–Crippen MR) is 72.2 cm³/mol. The molecular weight excluding hydrogens is 326 g/mol. The highest BCUT2D eigenvalue weighted by atomic mass is 35.5. The fourth-order valence-corrected chi connectivity index (χ4v) is 2.10. The summed E-state index contributed by atoms with van der Waals surface area (Å²) in [6, 6.07) is 8.24. The number of para-hydroxylation sites is 1. The molecule has 2 aromatic rings. The molecule has 0 saturated carbocycles. The van der Waals surface area contributed by atoms with Crippen LogP contribution in [0.25, 0.3) is 0 Å². The highest BCUT2D eigenvalue weighted by Gasteiger charge is 2.28. The summed E-state index contributed by atoms with van der Waals surface area (Å²) >= 11 is 5.49. The van der Waals surface area contributed by atoms with Gasteiger partial charge in [0, 0.05) is 5.69 Å². The molecule has 118 valence electrons. The minimum atomic E-state index is -3.13. The van der Waals surface area contributed by atoms with E-state index in [1.54, 1.807) is 30.3 Å². The van der Waals surface area contributed by atoms with Gasteiger partial charge in [-0.05, 0) is 12.1 Å². The molecule has 1 aromatic heterocycles. The Hall–Kier alpha value is -2.09. The second kappa shape index (κ2) is 6.78. The molecule has 9 heteroatoms. The van der Waals surface area contributed by atoms with E-state index in [1.807, 2.05) is 0 Å². The summed E-state index contributed by atoms with van der Waals surface area (Å²) in [6.07, 6.45) is -6.24. The first-order valence-electron chi connectivity index (χ1n) is 6.07. The number of hydrogen-bond donors (Lipinski definition) is 1. The van der Waals surface area contributed by atoms with Gasteiger partial charge in [-0.3, -0.25) is 9.48 Å². The molecule has 0 bridgehead atoms. The number of carbonyl (C=O) groups is 1. The van der Waals surface area contributed by atoms with Crippen LogP contribution in [0.5, 0.6) is 0 Å². The maximum Gasteiger partial charge on any atom is 0.283 e. The summed E-state index contributed by atoms with van der Waals surface area (Å²) in [6.45, 7) is -0.652. The molecule has 0 aliphatic carbocycles. The zero-order valence-electron chi connectivity index (χ0n) is 10.9. The minimum Gasteiger partial charge on any atom is -0.324 e. The molecule has 0 spiro atoms. The molecule has 22 heavy (non-hydrogen) atoms. The van der Waals surface area contributed by atoms with E-state index in [4.69, 9.17) is 11.6 Å². The van der Waals surface area contributed by atoms with Crippen LogP contribution in [-0.2, 0) is 11.3 Å². The van der Waals surface area contributed by atoms with Crippen molar-refractivity contribution >= 4 is 23.2 Å². The van der Waals surface area contributed by atoms with E-state index in [-0.39, 0.29) is 0 Å². The lowest BCUT2D eigenvalue weighted by molar-refractivity contribution is -0.117. The molecule has 0 aliphatic rings. The van der Waals surface area contributed by atoms with Gasteiger partial charge in [0.05, 0.1) is 5.02 Å². The summed E-state index contributed by atoms with van der Waals surface area (Å²) in [5.74, 6) is -0.687. The van der Waals surface area contributed by atoms with Gasteiger partial charge in [0.25, 0.3) is 12.9 Å². The zero-order chi connectivity index (χ0) is 16.3. The van der Waals surface area contributed by atoms with E-state index in [1.165, 1.54) is 0 Å². The Balaban J connectivity index is 2.21. The van der Waals surface area contributed by atoms with E-state index in [0.29, 0.717) is 10.4 Å². The Bertz CT molecular complexity index is 661. The second-order valence-corrected chi connectivity index (χ2v) is 4.64. The largest absolute Gasteiger partial charge is 0.324 e. The number of aromatic nitrogens is 2. The Morgan fingerprint density at radius 3 is 2.36 bits per heavy atom. The van der Waals surface area contributed by atoms with Crippen LogP contribution < -0.4 is 5.32 Å². The maximum absolute atomic E-state index is 12.9. The monoisotopic (exact) mass is 335 g/mol. The molecule has 0 atom stereocenters. The number of amides is 1. The molecule has 0 unspecified atom stereocenters. The molecule has 0 aliphatic heterocycles. The van der Waals surface area contributed by atoms with Crippen molar-refractivity contribution < 1.29 is 22.4 Å². The van der Waals surface area contributed by atoms with Crippen LogP contribution in [0.15, 0.2) is 30.3 Å². The minimum absolute atomic E-state index is 0.443. The maximum atomic E-state index is 12.9. The fourth-order valence-electron chi connectivity index (χ4n) is 1.80. The normalized spacial score (nSPS) is 11.2. The fraction of sp³-hybridized carbons (Fsp3) is 0.231. The molecule has 0 radical (unpaired) electrons. The molecule has 2 rings (SSSR count). The van der Waals surface area contributed by atoms with Gasteiger partial charge in [-0.25, -0.2) is 17.6 Å². The molecule has 1 N–H and O–H groups in total. The standard InChI is InChI=1S/C13H10ClF4N3O/c14-9-10(12(15)16)20-21(11(9)13(17)18)6-8(22)19-7-4-2-1-3-5-7/h1-5,12-13H,6H2,(H,19,22). The van der Waals surface area contributed by atoms with Crippen molar-refractivity contribution in [1.82, 2.24) is 9.78 Å². The van der Waals surface area contributed by atoms with Crippen LogP contribution in [0.4, 0.5) is 23.2 Å². The van der Waals surface area contributed by atoms with E-state index < -0.39 is 41.7 Å². The number of alkyl halides is 4. The van der Waals surface area contributed by atoms with Gasteiger partial charge in [-0.15, -0.1) is 0 Å². The SMILES string of the molecule is O=C(Cn1nc(C(F)F)c(Cl)c1C(F)F)Nc1ccccc1. The Morgan fingerprint density at radius 1 is 1.18 bits per heavy atom. The van der Waals surface area contributed by atoms with Gasteiger partial charge in [-0.2, -0.15) is 5.10 Å². The zero-order valence-corrected chi connectivity index (χ0v) is 11.7. The van der Waals surface area contributed by atoms with Crippen molar-refractivity contribution in [3.8, 4) is 0 Å². The summed E-state index contributed by atoms with van der Waals surface area (Å²) in [7, 11) is 0. The second-order valence-electron chi connectivity index (χ2n) is 4.26. The van der Waals surface area contributed by atoms with Crippen LogP contribution in [0.1, 0.15) is 24.2 Å². The van der Waals surface area contributed by atoms with Crippen molar-refractivity contribution in [3.63, 3.8) is 0 Å². The number of hydrogen-bond acceptors (Lipinski definition) is 2. The van der Waals surface area contributed by atoms with Gasteiger partial charge < -0.3 is 5.32 Å². The number of rotatable bonds is 5. The third-order valence-electron chi connectivity index (χ3n) is 2.72. The van der Waals surface area contributed by atoms with Gasteiger partial charge in [0.1, 0.15) is 17.9 Å². The van der Waals surface area contributed by atoms with E-state index >= 15 is 0 Å². The van der Waals surface area contributed by atoms with Gasteiger partial charge >= 0.3 is 0 Å². The lowest BCUT2D eigenvalue weighted by Gasteiger charge is -2.08. The smallest absolute Gasteiger partial charge is 0.283 e. The van der Waals surface area contributed by atoms with Gasteiger partial charge in [0.15, 0.2) is 0 Å². The predicted octanol–water partition coefficient (Wildman–Crippen LogP) is 4.05. The average Bonchev–Trinajstić information content (AvgIpc) is 2.76. The molecule has 0 saturated heterocycles. The summed E-state index contributed by atoms with van der Waals surface area (Å²) in [5.41, 5.74) is -1.43. The number of nitrogens with one attached hydrogen (secondary N) is 1. The molecular formula is C13H10ClF4N3O. The highest BCUT2D eigenvalue weighted by Crippen LogP contribution is 2.34. The molecule has 0 fully saturated rings. The third-order valence-corrected chi connectivity index (χ3v) is 3.11. The number of anilines is 1. The molecule has 1 aromatic carbocycles. The van der Waals surface area contributed by atoms with Crippen molar-refractivity contribution in [2.75, 3.05) is 5.32 Å². The van der Waals surface area contributed by atoms with Crippen molar-refractivity contribution in [1.29, 1.82) is 0 Å². The lowest BCUT2D eigenvalue weighted by Crippen LogP contribution is -2.21. The van der Waals surface area contributed by atoms with Crippen molar-refractivity contribution in [2.24, 2.45) is 0 Å². The third kappa shape index (κ3) is 3.56. The Labute approximate surface area is 127 Å². The van der Waals surface area contributed by atoms with Crippen LogP contribution in [0, 0.1) is 0 Å². The summed E-state index contributed by atoms with van der Waals surface area (Å²) < 4.78 is 51.7. The van der Waals surface area contributed by atoms with E-state index in [0.717, 1.165) is 0 Å². The molecule has 1 heterocycles. The van der Waals surface area contributed by atoms with E-state index in [9.17, 15) is 22.4 Å². The summed E-state index contributed by atoms with van der Waals surface area (Å²) in [5, 5.41) is 4.92. The van der Waals surface area contributed by atoms with Gasteiger partial charge in [0.2, 0.25) is 5.91 Å². The Kier molecular flexibility index (Phi) is 5.02. The highest BCUT2D eigenvalue weighted by molar-refractivity contribution is 6.32. The topological polar surface area (TPSA) is 46.9 Å². The van der Waals surface area contributed by atoms with Crippen LogP contribution in [0.2, 0.25) is 5.02 Å². The number of nitrogens with zero attached hydrogens (tertiary/aromatic N) is 2. The average molecular weight is 336 g/mol. The number of benzene rings is 1.